The van der Waals surface area contributed by atoms with Crippen LogP contribution in [0.2, 0.25) is 10.0 Å². The summed E-state index contributed by atoms with van der Waals surface area (Å²) in [4.78, 5) is 24.7. The van der Waals surface area contributed by atoms with Gasteiger partial charge in [-0.1, -0.05) is 41.4 Å². The number of nitrogens with one attached hydrogen (secondary N) is 1. The van der Waals surface area contributed by atoms with Crippen molar-refractivity contribution in [3.05, 3.63) is 68.7 Å². The van der Waals surface area contributed by atoms with E-state index >= 15 is 0 Å². The zero-order valence-electron chi connectivity index (χ0n) is 15.1. The molecule has 1 amide bonds. The van der Waals surface area contributed by atoms with Crippen molar-refractivity contribution in [2.45, 2.75) is 39.8 Å². The number of esters is 1. The van der Waals surface area contributed by atoms with Gasteiger partial charge in [-0.05, 0) is 62.6 Å². The molecule has 0 saturated carbocycles. The smallest absolute Gasteiger partial charge is 0.339 e. The molecule has 2 aromatic carbocycles. The molecule has 2 rings (SSSR count). The van der Waals surface area contributed by atoms with Crippen LogP contribution in [0.3, 0.4) is 0 Å². The monoisotopic (exact) mass is 393 g/mol. The van der Waals surface area contributed by atoms with Gasteiger partial charge in [0.05, 0.1) is 11.6 Å². The second-order valence-electron chi connectivity index (χ2n) is 6.19. The number of carbonyl (C=O) groups is 2. The van der Waals surface area contributed by atoms with Crippen molar-refractivity contribution in [1.29, 1.82) is 0 Å². The third kappa shape index (κ3) is 4.77. The van der Waals surface area contributed by atoms with Crippen LogP contribution in [0.15, 0.2) is 36.4 Å². The largest absolute Gasteiger partial charge is 0.449 e. The summed E-state index contributed by atoms with van der Waals surface area (Å²) in [6, 6.07) is 10.1. The lowest BCUT2D eigenvalue weighted by Crippen LogP contribution is -2.37. The molecule has 0 radical (unpaired) electrons. The van der Waals surface area contributed by atoms with Crippen LogP contribution < -0.4 is 5.32 Å². The van der Waals surface area contributed by atoms with Crippen molar-refractivity contribution < 1.29 is 14.3 Å². The number of carbonyl (C=O) groups excluding carboxylic acids is 2. The van der Waals surface area contributed by atoms with Crippen molar-refractivity contribution in [2.24, 2.45) is 0 Å². The van der Waals surface area contributed by atoms with Gasteiger partial charge < -0.3 is 10.1 Å². The normalized spacial score (nSPS) is 13.0. The van der Waals surface area contributed by atoms with Gasteiger partial charge in [-0.2, -0.15) is 0 Å². The molecule has 0 aliphatic rings. The zero-order valence-corrected chi connectivity index (χ0v) is 16.6. The molecular weight excluding hydrogens is 373 g/mol. The van der Waals surface area contributed by atoms with Gasteiger partial charge in [-0.3, -0.25) is 4.79 Å². The van der Waals surface area contributed by atoms with Gasteiger partial charge in [-0.15, -0.1) is 0 Å². The van der Waals surface area contributed by atoms with Gasteiger partial charge in [0.25, 0.3) is 5.91 Å². The van der Waals surface area contributed by atoms with E-state index in [4.69, 9.17) is 27.9 Å². The summed E-state index contributed by atoms with van der Waals surface area (Å²) in [6.07, 6.45) is -0.934. The third-order valence-electron chi connectivity index (χ3n) is 4.27. The molecule has 138 valence electrons. The summed E-state index contributed by atoms with van der Waals surface area (Å²) in [5.41, 5.74) is 3.02. The summed E-state index contributed by atoms with van der Waals surface area (Å²) < 4.78 is 5.32. The van der Waals surface area contributed by atoms with Gasteiger partial charge in [0.2, 0.25) is 0 Å². The van der Waals surface area contributed by atoms with Crippen molar-refractivity contribution in [3.63, 3.8) is 0 Å². The Hall–Kier alpha value is -2.04. The Bertz CT molecular complexity index is 836. The highest BCUT2D eigenvalue weighted by Gasteiger charge is 2.22. The Morgan fingerprint density at radius 3 is 2.42 bits per heavy atom. The maximum absolute atomic E-state index is 12.4. The Kier molecular flexibility index (Phi) is 6.68. The molecule has 1 N–H and O–H groups in total. The quantitative estimate of drug-likeness (QED) is 0.724. The molecular formula is C20H21Cl2NO3. The summed E-state index contributed by atoms with van der Waals surface area (Å²) in [5, 5.41) is 3.78. The Morgan fingerprint density at radius 1 is 1.08 bits per heavy atom. The van der Waals surface area contributed by atoms with E-state index in [-0.39, 0.29) is 6.04 Å². The minimum atomic E-state index is -0.934. The van der Waals surface area contributed by atoms with Crippen LogP contribution in [0.5, 0.6) is 0 Å². The maximum atomic E-state index is 12.4. The average molecular weight is 394 g/mol. The van der Waals surface area contributed by atoms with Crippen molar-refractivity contribution in [3.8, 4) is 0 Å². The number of hydrogen-bond acceptors (Lipinski definition) is 3. The fourth-order valence-corrected chi connectivity index (χ4v) is 3.08. The first kappa shape index (κ1) is 20.3. The number of aryl methyl sites for hydroxylation is 1. The highest BCUT2D eigenvalue weighted by molar-refractivity contribution is 6.35. The summed E-state index contributed by atoms with van der Waals surface area (Å²) >= 11 is 12.1. The second-order valence-corrected chi connectivity index (χ2v) is 7.03. The number of benzene rings is 2. The molecule has 0 fully saturated rings. The maximum Gasteiger partial charge on any atom is 0.339 e. The van der Waals surface area contributed by atoms with Crippen LogP contribution in [0.1, 0.15) is 46.9 Å². The van der Waals surface area contributed by atoms with E-state index in [0.717, 1.165) is 16.7 Å². The van der Waals surface area contributed by atoms with Gasteiger partial charge in [0.15, 0.2) is 6.10 Å². The molecule has 0 heterocycles. The van der Waals surface area contributed by atoms with E-state index in [2.05, 4.69) is 5.32 Å². The molecule has 0 aliphatic heterocycles. The average Bonchev–Trinajstić information content (AvgIpc) is 2.56. The van der Waals surface area contributed by atoms with Crippen molar-refractivity contribution >= 4 is 35.1 Å². The molecule has 0 spiro atoms. The molecule has 4 nitrogen and oxygen atoms in total. The number of halogens is 2. The van der Waals surface area contributed by atoms with Crippen molar-refractivity contribution in [1.82, 2.24) is 5.32 Å². The minimum absolute atomic E-state index is 0.353. The number of amides is 1. The molecule has 2 aromatic rings. The summed E-state index contributed by atoms with van der Waals surface area (Å²) in [5.74, 6) is -0.923. The van der Waals surface area contributed by atoms with Crippen LogP contribution >= 0.6 is 23.2 Å². The van der Waals surface area contributed by atoms with Gasteiger partial charge in [0, 0.05) is 10.0 Å². The van der Waals surface area contributed by atoms with Crippen LogP contribution in [-0.2, 0) is 9.53 Å². The standard InChI is InChI=1S/C20H21Cl2NO3/c1-11-6-5-7-16(12(11)2)20(25)26-14(4)19(24)23-13(3)17-9-8-15(21)10-18(17)22/h5-10,13-14H,1-4H3,(H,23,24)/t13-,14+/m1/s1. The molecule has 0 bridgehead atoms. The predicted octanol–water partition coefficient (Wildman–Crippen LogP) is 5.03. The van der Waals surface area contributed by atoms with Crippen molar-refractivity contribution in [2.75, 3.05) is 0 Å². The Labute approximate surface area is 163 Å². The topological polar surface area (TPSA) is 55.4 Å². The highest BCUT2D eigenvalue weighted by atomic mass is 35.5. The van der Waals surface area contributed by atoms with E-state index in [1.807, 2.05) is 19.9 Å². The number of ether oxygens (including phenoxy) is 1. The van der Waals surface area contributed by atoms with E-state index in [9.17, 15) is 9.59 Å². The second kappa shape index (κ2) is 8.56. The fourth-order valence-electron chi connectivity index (χ4n) is 2.51. The molecule has 6 heteroatoms. The lowest BCUT2D eigenvalue weighted by molar-refractivity contribution is -0.129. The lowest BCUT2D eigenvalue weighted by atomic mass is 10.0. The molecule has 26 heavy (non-hydrogen) atoms. The first-order valence-corrected chi connectivity index (χ1v) is 8.98. The summed E-state index contributed by atoms with van der Waals surface area (Å²) in [6.45, 7) is 7.10. The SMILES string of the molecule is Cc1cccc(C(=O)O[C@@H](C)C(=O)N[C@H](C)c2ccc(Cl)cc2Cl)c1C. The molecule has 2 atom stereocenters. The number of hydrogen-bond donors (Lipinski definition) is 1. The van der Waals surface area contributed by atoms with Crippen LogP contribution in [0, 0.1) is 13.8 Å². The van der Waals surface area contributed by atoms with E-state index in [1.54, 1.807) is 37.3 Å². The molecule has 0 aromatic heterocycles. The van der Waals surface area contributed by atoms with E-state index < -0.39 is 18.0 Å². The van der Waals surface area contributed by atoms with Gasteiger partial charge in [0.1, 0.15) is 0 Å². The predicted molar refractivity (Wildman–Crippen MR) is 104 cm³/mol. The van der Waals surface area contributed by atoms with Crippen LogP contribution in [0.4, 0.5) is 0 Å². The van der Waals surface area contributed by atoms with Crippen LogP contribution in [0.25, 0.3) is 0 Å². The minimum Gasteiger partial charge on any atom is -0.449 e. The molecule has 0 unspecified atom stereocenters. The summed E-state index contributed by atoms with van der Waals surface area (Å²) in [7, 11) is 0. The zero-order chi connectivity index (χ0) is 19.4. The fraction of sp³-hybridized carbons (Fsp3) is 0.300. The van der Waals surface area contributed by atoms with Gasteiger partial charge in [-0.25, -0.2) is 4.79 Å². The van der Waals surface area contributed by atoms with Crippen LogP contribution in [-0.4, -0.2) is 18.0 Å². The lowest BCUT2D eigenvalue weighted by Gasteiger charge is -2.19. The van der Waals surface area contributed by atoms with E-state index in [1.165, 1.54) is 6.92 Å². The molecule has 0 saturated heterocycles. The van der Waals surface area contributed by atoms with E-state index in [0.29, 0.717) is 15.6 Å². The first-order chi connectivity index (χ1) is 12.2. The third-order valence-corrected chi connectivity index (χ3v) is 4.83. The first-order valence-electron chi connectivity index (χ1n) is 8.23. The van der Waals surface area contributed by atoms with Gasteiger partial charge >= 0.3 is 5.97 Å². The Balaban J connectivity index is 2.03. The molecule has 0 aliphatic carbocycles. The Morgan fingerprint density at radius 2 is 1.77 bits per heavy atom. The highest BCUT2D eigenvalue weighted by Crippen LogP contribution is 2.26. The number of rotatable bonds is 5.